The highest BCUT2D eigenvalue weighted by atomic mass is 32.2. The first-order valence-corrected chi connectivity index (χ1v) is 6.43. The quantitative estimate of drug-likeness (QED) is 0.774. The van der Waals surface area contributed by atoms with E-state index in [1.807, 2.05) is 20.1 Å². The van der Waals surface area contributed by atoms with Gasteiger partial charge in [-0.2, -0.15) is 11.8 Å². The topological polar surface area (TPSA) is 62.0 Å². The summed E-state index contributed by atoms with van der Waals surface area (Å²) < 4.78 is 0. The highest BCUT2D eigenvalue weighted by Crippen LogP contribution is 2.02. The van der Waals surface area contributed by atoms with E-state index in [0.29, 0.717) is 6.54 Å². The molecule has 0 aliphatic carbocycles. The van der Waals surface area contributed by atoms with Crippen LogP contribution in [0.25, 0.3) is 0 Å². The van der Waals surface area contributed by atoms with Crippen LogP contribution in [0.2, 0.25) is 0 Å². The number of thioether (sulfide) groups is 1. The number of aryl methyl sites for hydroxylation is 2. The summed E-state index contributed by atoms with van der Waals surface area (Å²) in [6, 6.07) is 1.63. The molecule has 16 heavy (non-hydrogen) atoms. The fourth-order valence-electron chi connectivity index (χ4n) is 1.26. The molecule has 0 spiro atoms. The maximum absolute atomic E-state index is 11.7. The lowest BCUT2D eigenvalue weighted by atomic mass is 10.1. The standard InChI is InChI=1S/C11H16N2O2S/c1-7-6-9(11(15)13-8(7)2)10(14)12-4-5-16-3/h6H,4-5H2,1-3H3,(H,12,14)(H,13,15). The molecule has 4 nitrogen and oxygen atoms in total. The molecule has 5 heteroatoms. The Bertz CT molecular complexity index is 440. The molecule has 0 saturated carbocycles. The van der Waals surface area contributed by atoms with Crippen LogP contribution in [0.5, 0.6) is 0 Å². The first-order chi connectivity index (χ1) is 7.56. The third kappa shape index (κ3) is 3.13. The van der Waals surface area contributed by atoms with Crippen LogP contribution in [0.15, 0.2) is 10.9 Å². The van der Waals surface area contributed by atoms with Crippen molar-refractivity contribution in [2.75, 3.05) is 18.6 Å². The number of hydrogen-bond acceptors (Lipinski definition) is 3. The fraction of sp³-hybridized carbons (Fsp3) is 0.455. The lowest BCUT2D eigenvalue weighted by Crippen LogP contribution is -2.31. The van der Waals surface area contributed by atoms with Gasteiger partial charge in [0.2, 0.25) is 0 Å². The van der Waals surface area contributed by atoms with Crippen molar-refractivity contribution >= 4 is 17.7 Å². The Morgan fingerprint density at radius 3 is 2.81 bits per heavy atom. The second-order valence-corrected chi connectivity index (χ2v) is 4.55. The van der Waals surface area contributed by atoms with Gasteiger partial charge < -0.3 is 10.3 Å². The smallest absolute Gasteiger partial charge is 0.261 e. The van der Waals surface area contributed by atoms with Gasteiger partial charge in [0.05, 0.1) is 0 Å². The number of aromatic nitrogens is 1. The summed E-state index contributed by atoms with van der Waals surface area (Å²) >= 11 is 1.65. The number of H-pyrrole nitrogens is 1. The van der Waals surface area contributed by atoms with Crippen molar-refractivity contribution in [1.29, 1.82) is 0 Å². The van der Waals surface area contributed by atoms with Crippen LogP contribution >= 0.6 is 11.8 Å². The average Bonchev–Trinajstić information content (AvgIpc) is 2.23. The number of hydrogen-bond donors (Lipinski definition) is 2. The van der Waals surface area contributed by atoms with Crippen LogP contribution in [0.1, 0.15) is 21.6 Å². The Morgan fingerprint density at radius 1 is 1.50 bits per heavy atom. The minimum atomic E-state index is -0.329. The van der Waals surface area contributed by atoms with Crippen molar-refractivity contribution in [2.24, 2.45) is 0 Å². The molecule has 0 aromatic carbocycles. The Balaban J connectivity index is 2.84. The minimum Gasteiger partial charge on any atom is -0.351 e. The summed E-state index contributed by atoms with van der Waals surface area (Å²) in [7, 11) is 0. The van der Waals surface area contributed by atoms with Gasteiger partial charge in [0.25, 0.3) is 11.5 Å². The predicted octanol–water partition coefficient (Wildman–Crippen LogP) is 1.08. The molecule has 1 aromatic heterocycles. The first kappa shape index (κ1) is 12.8. The summed E-state index contributed by atoms with van der Waals surface area (Å²) in [6.45, 7) is 4.25. The Kier molecular flexibility index (Phi) is 4.61. The van der Waals surface area contributed by atoms with E-state index in [1.165, 1.54) is 0 Å². The van der Waals surface area contributed by atoms with E-state index in [2.05, 4.69) is 10.3 Å². The number of aromatic amines is 1. The second-order valence-electron chi connectivity index (χ2n) is 3.57. The van der Waals surface area contributed by atoms with Crippen molar-refractivity contribution in [3.8, 4) is 0 Å². The number of pyridine rings is 1. The third-order valence-electron chi connectivity index (χ3n) is 2.33. The van der Waals surface area contributed by atoms with Crippen molar-refractivity contribution in [2.45, 2.75) is 13.8 Å². The Labute approximate surface area is 98.8 Å². The molecule has 1 heterocycles. The highest BCUT2D eigenvalue weighted by Gasteiger charge is 2.10. The molecule has 0 fully saturated rings. The van der Waals surface area contributed by atoms with Crippen molar-refractivity contribution in [1.82, 2.24) is 10.3 Å². The van der Waals surface area contributed by atoms with Crippen molar-refractivity contribution < 1.29 is 4.79 Å². The first-order valence-electron chi connectivity index (χ1n) is 5.04. The summed E-state index contributed by atoms with van der Waals surface area (Å²) in [4.78, 5) is 25.9. The molecule has 0 aliphatic heterocycles. The number of amides is 1. The number of rotatable bonds is 4. The van der Waals surface area contributed by atoms with Crippen LogP contribution in [0.4, 0.5) is 0 Å². The maximum Gasteiger partial charge on any atom is 0.261 e. The van der Waals surface area contributed by atoms with Crippen LogP contribution in [0.3, 0.4) is 0 Å². The predicted molar refractivity (Wildman–Crippen MR) is 67.3 cm³/mol. The zero-order chi connectivity index (χ0) is 12.1. The van der Waals surface area contributed by atoms with Crippen LogP contribution in [-0.4, -0.2) is 29.4 Å². The van der Waals surface area contributed by atoms with E-state index in [-0.39, 0.29) is 17.0 Å². The number of nitrogens with one attached hydrogen (secondary N) is 2. The number of carbonyl (C=O) groups excluding carboxylic acids is 1. The van der Waals surface area contributed by atoms with E-state index in [9.17, 15) is 9.59 Å². The SMILES string of the molecule is CSCCNC(=O)c1cc(C)c(C)[nH]c1=O. The van der Waals surface area contributed by atoms with Crippen LogP contribution < -0.4 is 10.9 Å². The van der Waals surface area contributed by atoms with Gasteiger partial charge in [0.1, 0.15) is 5.56 Å². The third-order valence-corrected chi connectivity index (χ3v) is 2.95. The molecule has 1 rings (SSSR count). The zero-order valence-corrected chi connectivity index (χ0v) is 10.5. The van der Waals surface area contributed by atoms with Crippen molar-refractivity contribution in [3.63, 3.8) is 0 Å². The van der Waals surface area contributed by atoms with Crippen molar-refractivity contribution in [3.05, 3.63) is 33.2 Å². The van der Waals surface area contributed by atoms with E-state index < -0.39 is 0 Å². The minimum absolute atomic E-state index is 0.184. The summed E-state index contributed by atoms with van der Waals surface area (Å²) in [5.41, 5.74) is 1.56. The number of carbonyl (C=O) groups is 1. The highest BCUT2D eigenvalue weighted by molar-refractivity contribution is 7.98. The second kappa shape index (κ2) is 5.75. The van der Waals surface area contributed by atoms with Gasteiger partial charge in [0.15, 0.2) is 0 Å². The van der Waals surface area contributed by atoms with E-state index >= 15 is 0 Å². The zero-order valence-electron chi connectivity index (χ0n) is 9.72. The lowest BCUT2D eigenvalue weighted by molar-refractivity contribution is 0.0954. The molecule has 0 aliphatic rings. The Morgan fingerprint density at radius 2 is 2.19 bits per heavy atom. The van der Waals surface area contributed by atoms with Gasteiger partial charge in [0, 0.05) is 18.0 Å². The van der Waals surface area contributed by atoms with Gasteiger partial charge in [-0.15, -0.1) is 0 Å². The molecule has 0 saturated heterocycles. The molecular weight excluding hydrogens is 224 g/mol. The average molecular weight is 240 g/mol. The fourth-order valence-corrected chi connectivity index (χ4v) is 1.56. The molecule has 88 valence electrons. The monoisotopic (exact) mass is 240 g/mol. The molecule has 0 atom stereocenters. The molecule has 0 bridgehead atoms. The lowest BCUT2D eigenvalue weighted by Gasteiger charge is -2.05. The Hall–Kier alpha value is -1.23. The molecular formula is C11H16N2O2S. The normalized spacial score (nSPS) is 10.2. The summed E-state index contributed by atoms with van der Waals surface area (Å²) in [5, 5.41) is 2.71. The maximum atomic E-state index is 11.7. The van der Waals surface area contributed by atoms with E-state index in [4.69, 9.17) is 0 Å². The van der Waals surface area contributed by atoms with Crippen LogP contribution in [0, 0.1) is 13.8 Å². The molecule has 1 aromatic rings. The van der Waals surface area contributed by atoms with E-state index in [0.717, 1.165) is 17.0 Å². The molecule has 2 N–H and O–H groups in total. The molecule has 0 unspecified atom stereocenters. The summed E-state index contributed by atoms with van der Waals surface area (Å²) in [6.07, 6.45) is 1.97. The van der Waals surface area contributed by atoms with Gasteiger partial charge in [-0.25, -0.2) is 0 Å². The summed E-state index contributed by atoms with van der Waals surface area (Å²) in [5.74, 6) is 0.535. The van der Waals surface area contributed by atoms with Crippen LogP contribution in [-0.2, 0) is 0 Å². The molecule has 1 amide bonds. The van der Waals surface area contributed by atoms with Gasteiger partial charge in [-0.1, -0.05) is 0 Å². The van der Waals surface area contributed by atoms with Gasteiger partial charge in [-0.3, -0.25) is 9.59 Å². The van der Waals surface area contributed by atoms with Gasteiger partial charge >= 0.3 is 0 Å². The largest absolute Gasteiger partial charge is 0.351 e. The van der Waals surface area contributed by atoms with E-state index in [1.54, 1.807) is 17.8 Å². The molecule has 0 radical (unpaired) electrons. The van der Waals surface area contributed by atoms with Gasteiger partial charge in [-0.05, 0) is 31.7 Å².